The molecule has 0 bridgehead atoms. The lowest BCUT2D eigenvalue weighted by Crippen LogP contribution is -2.46. The summed E-state index contributed by atoms with van der Waals surface area (Å²) in [6.45, 7) is 0. The number of carbonyl (C=O) groups is 1. The molecule has 120 valence electrons. The van der Waals surface area contributed by atoms with E-state index in [1.54, 1.807) is 0 Å². The van der Waals surface area contributed by atoms with Crippen molar-refractivity contribution >= 4 is 37.1 Å². The first kappa shape index (κ1) is 19.1. The zero-order valence-electron chi connectivity index (χ0n) is 8.88. The topological polar surface area (TPSA) is 234 Å². The molecule has 17 heteroatoms. The van der Waals surface area contributed by atoms with Gasteiger partial charge in [0.1, 0.15) is 0 Å². The average molecular weight is 361 g/mol. The molecule has 0 aromatic carbocycles. The number of primary amides is 1. The van der Waals surface area contributed by atoms with Gasteiger partial charge in [-0.05, 0) is 0 Å². The van der Waals surface area contributed by atoms with Crippen LogP contribution in [0.2, 0.25) is 0 Å². The van der Waals surface area contributed by atoms with E-state index in [2.05, 4.69) is 18.3 Å². The second-order valence-corrected chi connectivity index (χ2v) is 5.91. The molecule has 0 heterocycles. The molecule has 5 N–H and O–H groups in total. The molecule has 0 spiro atoms. The molecule has 0 aliphatic rings. The molecular formula is C3H7NO13S3. The number of rotatable bonds is 8. The van der Waals surface area contributed by atoms with Crippen LogP contribution in [0.25, 0.3) is 0 Å². The third-order valence-electron chi connectivity index (χ3n) is 1.19. The molecule has 0 aromatic rings. The van der Waals surface area contributed by atoms with Crippen molar-refractivity contribution in [2.45, 2.75) is 12.4 Å². The Morgan fingerprint density at radius 2 is 1.10 bits per heavy atom. The Hall–Kier alpha value is -0.920. The van der Waals surface area contributed by atoms with Gasteiger partial charge in [0.2, 0.25) is 12.4 Å². The van der Waals surface area contributed by atoms with Crippen molar-refractivity contribution in [3.63, 3.8) is 0 Å². The summed E-state index contributed by atoms with van der Waals surface area (Å²) < 4.78 is 97.5. The Labute approximate surface area is 112 Å². The van der Waals surface area contributed by atoms with Crippen molar-refractivity contribution in [2.75, 3.05) is 0 Å². The summed E-state index contributed by atoms with van der Waals surface area (Å²) in [5.41, 5.74) is 4.53. The van der Waals surface area contributed by atoms with Crippen LogP contribution in [0.1, 0.15) is 0 Å². The van der Waals surface area contributed by atoms with Gasteiger partial charge in [0.05, 0.1) is 0 Å². The molecule has 14 nitrogen and oxygen atoms in total. The van der Waals surface area contributed by atoms with Gasteiger partial charge in [0.25, 0.3) is 5.91 Å². The Morgan fingerprint density at radius 3 is 1.30 bits per heavy atom. The van der Waals surface area contributed by atoms with E-state index in [1.165, 1.54) is 0 Å². The predicted molar refractivity (Wildman–Crippen MR) is 54.7 cm³/mol. The molecule has 1 unspecified atom stereocenters. The van der Waals surface area contributed by atoms with Crippen LogP contribution < -0.4 is 5.73 Å². The first-order chi connectivity index (χ1) is 8.61. The summed E-state index contributed by atoms with van der Waals surface area (Å²) in [6, 6.07) is 0. The standard InChI is InChI=1S/C3H7NO13S3/c4-2(5)1(15-18(6,7)8)3(16-19(9,10)11)17-20(12,13)14/h1,3H,(H2,4,5)(H,6,7,8)(H,9,10,11)(H,12,13,14). The van der Waals surface area contributed by atoms with Crippen molar-refractivity contribution in [1.29, 1.82) is 0 Å². The maximum atomic E-state index is 10.8. The summed E-state index contributed by atoms with van der Waals surface area (Å²) in [7, 11) is -16.4. The molecule has 1 atom stereocenters. The molecular weight excluding hydrogens is 354 g/mol. The van der Waals surface area contributed by atoms with E-state index in [1.807, 2.05) is 0 Å². The Bertz CT molecular complexity index is 622. The summed E-state index contributed by atoms with van der Waals surface area (Å²) in [4.78, 5) is 10.8. The van der Waals surface area contributed by atoms with Gasteiger partial charge in [-0.1, -0.05) is 0 Å². The van der Waals surface area contributed by atoms with Crippen LogP contribution in [0.4, 0.5) is 0 Å². The molecule has 0 saturated carbocycles. The van der Waals surface area contributed by atoms with E-state index in [-0.39, 0.29) is 0 Å². The number of amides is 1. The van der Waals surface area contributed by atoms with Gasteiger partial charge in [-0.15, -0.1) is 0 Å². The molecule has 0 rings (SSSR count). The maximum absolute atomic E-state index is 10.8. The fourth-order valence-electron chi connectivity index (χ4n) is 0.715. The molecule has 0 fully saturated rings. The van der Waals surface area contributed by atoms with Crippen LogP contribution >= 0.6 is 0 Å². The zero-order chi connectivity index (χ0) is 16.4. The van der Waals surface area contributed by atoms with E-state index >= 15 is 0 Å². The highest BCUT2D eigenvalue weighted by Crippen LogP contribution is 2.13. The van der Waals surface area contributed by atoms with Gasteiger partial charge in [0, 0.05) is 0 Å². The van der Waals surface area contributed by atoms with Crippen LogP contribution in [0, 0.1) is 0 Å². The minimum atomic E-state index is -5.49. The summed E-state index contributed by atoms with van der Waals surface area (Å²) in [6.07, 6.45) is -5.95. The number of hydrogen-bond donors (Lipinski definition) is 4. The molecule has 0 aromatic heterocycles. The highest BCUT2D eigenvalue weighted by molar-refractivity contribution is 7.81. The first-order valence-electron chi connectivity index (χ1n) is 3.87. The van der Waals surface area contributed by atoms with Gasteiger partial charge in [-0.3, -0.25) is 18.5 Å². The lowest BCUT2D eigenvalue weighted by molar-refractivity contribution is -0.140. The fraction of sp³-hybridized carbons (Fsp3) is 0.667. The Kier molecular flexibility index (Phi) is 5.95. The van der Waals surface area contributed by atoms with Crippen LogP contribution in [0.15, 0.2) is 0 Å². The number of nitrogens with two attached hydrogens (primary N) is 1. The molecule has 0 aliphatic heterocycles. The van der Waals surface area contributed by atoms with Crippen LogP contribution in [0.3, 0.4) is 0 Å². The number of hydrogen-bond acceptors (Lipinski definition) is 10. The summed E-state index contributed by atoms with van der Waals surface area (Å²) in [5.74, 6) is -1.89. The van der Waals surface area contributed by atoms with Gasteiger partial charge in [0.15, 0.2) is 0 Å². The lowest BCUT2D eigenvalue weighted by atomic mass is 10.3. The summed E-state index contributed by atoms with van der Waals surface area (Å²) in [5, 5.41) is 0. The molecule has 20 heavy (non-hydrogen) atoms. The van der Waals surface area contributed by atoms with Gasteiger partial charge in [-0.2, -0.15) is 25.3 Å². The monoisotopic (exact) mass is 361 g/mol. The number of carbonyl (C=O) groups excluding carboxylic acids is 1. The van der Waals surface area contributed by atoms with Crippen molar-refractivity contribution in [3.8, 4) is 0 Å². The normalized spacial score (nSPS) is 15.2. The van der Waals surface area contributed by atoms with Crippen molar-refractivity contribution in [3.05, 3.63) is 0 Å². The van der Waals surface area contributed by atoms with Crippen LogP contribution in [0.5, 0.6) is 0 Å². The van der Waals surface area contributed by atoms with Crippen molar-refractivity contribution in [2.24, 2.45) is 5.73 Å². The zero-order valence-corrected chi connectivity index (χ0v) is 11.3. The lowest BCUT2D eigenvalue weighted by Gasteiger charge is -2.19. The van der Waals surface area contributed by atoms with Gasteiger partial charge >= 0.3 is 31.2 Å². The second kappa shape index (κ2) is 6.24. The van der Waals surface area contributed by atoms with E-state index in [9.17, 15) is 30.0 Å². The minimum Gasteiger partial charge on any atom is -0.367 e. The fourth-order valence-corrected chi connectivity index (χ4v) is 1.97. The van der Waals surface area contributed by atoms with Crippen molar-refractivity contribution in [1.82, 2.24) is 0 Å². The smallest absolute Gasteiger partial charge is 0.367 e. The largest absolute Gasteiger partial charge is 0.400 e. The van der Waals surface area contributed by atoms with E-state index in [0.29, 0.717) is 0 Å². The Balaban J connectivity index is 5.59. The van der Waals surface area contributed by atoms with Gasteiger partial charge in [-0.25, -0.2) is 12.5 Å². The van der Waals surface area contributed by atoms with Crippen molar-refractivity contribution < 1.29 is 56.3 Å². The highest BCUT2D eigenvalue weighted by Gasteiger charge is 2.39. The average Bonchev–Trinajstić information content (AvgIpc) is 2.06. The predicted octanol–water partition coefficient (Wildman–Crippen LogP) is -3.38. The Morgan fingerprint density at radius 1 is 0.800 bits per heavy atom. The maximum Gasteiger partial charge on any atom is 0.400 e. The van der Waals surface area contributed by atoms with E-state index in [0.717, 1.165) is 0 Å². The second-order valence-electron chi connectivity index (χ2n) is 2.76. The SMILES string of the molecule is NC(=O)C(OS(=O)(=O)O)C(OS(=O)(=O)O)OS(=O)(=O)O. The minimum absolute atomic E-state index is 1.89. The quantitative estimate of drug-likeness (QED) is 0.244. The molecule has 0 saturated heterocycles. The van der Waals surface area contributed by atoms with E-state index < -0.39 is 49.5 Å². The highest BCUT2D eigenvalue weighted by atomic mass is 32.3. The third kappa shape index (κ3) is 9.06. The van der Waals surface area contributed by atoms with E-state index in [4.69, 9.17) is 13.7 Å². The van der Waals surface area contributed by atoms with Crippen LogP contribution in [-0.4, -0.2) is 57.2 Å². The van der Waals surface area contributed by atoms with Gasteiger partial charge < -0.3 is 5.73 Å². The molecule has 1 amide bonds. The summed E-state index contributed by atoms with van der Waals surface area (Å²) >= 11 is 0. The van der Waals surface area contributed by atoms with Crippen LogP contribution in [-0.2, 0) is 48.5 Å². The third-order valence-corrected chi connectivity index (χ3v) is 2.50. The molecule has 0 radical (unpaired) electrons. The first-order valence-corrected chi connectivity index (χ1v) is 7.97. The molecule has 0 aliphatic carbocycles.